The Kier molecular flexibility index (Phi) is 3.99. The van der Waals surface area contributed by atoms with Gasteiger partial charge < -0.3 is 9.84 Å². The highest BCUT2D eigenvalue weighted by atomic mass is 19.2. The van der Waals surface area contributed by atoms with Gasteiger partial charge in [0.1, 0.15) is 0 Å². The van der Waals surface area contributed by atoms with E-state index >= 15 is 0 Å². The highest BCUT2D eigenvalue weighted by molar-refractivity contribution is 5.87. The zero-order valence-electron chi connectivity index (χ0n) is 8.54. The molecule has 0 aliphatic rings. The van der Waals surface area contributed by atoms with Crippen LogP contribution in [0, 0.1) is 11.6 Å². The molecule has 0 bridgehead atoms. The number of carbonyl (C=O) groups is 1. The van der Waals surface area contributed by atoms with Crippen LogP contribution in [0.3, 0.4) is 0 Å². The van der Waals surface area contributed by atoms with Gasteiger partial charge in [0.15, 0.2) is 17.4 Å². The van der Waals surface area contributed by atoms with E-state index in [1.165, 1.54) is 6.08 Å². The summed E-state index contributed by atoms with van der Waals surface area (Å²) >= 11 is 0. The molecule has 0 atom stereocenters. The third-order valence-corrected chi connectivity index (χ3v) is 1.73. The number of hydrogen-bond acceptors (Lipinski definition) is 3. The van der Waals surface area contributed by atoms with E-state index in [0.29, 0.717) is 0 Å². The van der Waals surface area contributed by atoms with Gasteiger partial charge in [0.05, 0.1) is 6.61 Å². The molecule has 0 aromatic heterocycles. The van der Waals surface area contributed by atoms with Gasteiger partial charge in [-0.05, 0) is 30.7 Å². The second-order valence-corrected chi connectivity index (χ2v) is 2.92. The molecule has 1 aromatic rings. The number of esters is 1. The molecule has 3 nitrogen and oxygen atoms in total. The average molecular weight is 228 g/mol. The minimum atomic E-state index is -1.31. The highest BCUT2D eigenvalue weighted by Crippen LogP contribution is 2.21. The van der Waals surface area contributed by atoms with Crippen LogP contribution in [0.2, 0.25) is 0 Å². The van der Waals surface area contributed by atoms with Gasteiger partial charge >= 0.3 is 5.97 Å². The van der Waals surface area contributed by atoms with Gasteiger partial charge in [-0.15, -0.1) is 0 Å². The molecule has 86 valence electrons. The molecule has 0 aliphatic heterocycles. The molecule has 0 saturated carbocycles. The quantitative estimate of drug-likeness (QED) is 0.637. The maximum Gasteiger partial charge on any atom is 0.330 e. The van der Waals surface area contributed by atoms with Crippen LogP contribution >= 0.6 is 0 Å². The molecule has 0 heterocycles. The molecule has 16 heavy (non-hydrogen) atoms. The smallest absolute Gasteiger partial charge is 0.330 e. The first kappa shape index (κ1) is 12.2. The summed E-state index contributed by atoms with van der Waals surface area (Å²) in [6.07, 6.45) is 2.29. The molecule has 0 aliphatic carbocycles. The topological polar surface area (TPSA) is 46.5 Å². The molecule has 0 unspecified atom stereocenters. The summed E-state index contributed by atoms with van der Waals surface area (Å²) < 4.78 is 30.1. The first-order valence-electron chi connectivity index (χ1n) is 4.57. The number of hydrogen-bond donors (Lipinski definition) is 1. The van der Waals surface area contributed by atoms with Crippen molar-refractivity contribution in [3.05, 3.63) is 35.4 Å². The second kappa shape index (κ2) is 5.25. The Morgan fingerprint density at radius 3 is 2.75 bits per heavy atom. The predicted molar refractivity (Wildman–Crippen MR) is 53.7 cm³/mol. The predicted octanol–water partition coefficient (Wildman–Crippen LogP) is 2.25. The molecule has 1 rings (SSSR count). The fraction of sp³-hybridized carbons (Fsp3) is 0.182. The third-order valence-electron chi connectivity index (χ3n) is 1.73. The Balaban J connectivity index is 2.86. The number of phenols is 1. The Labute approximate surface area is 91.0 Å². The zero-order chi connectivity index (χ0) is 12.1. The van der Waals surface area contributed by atoms with E-state index in [9.17, 15) is 13.6 Å². The normalized spacial score (nSPS) is 10.7. The first-order chi connectivity index (χ1) is 7.54. The summed E-state index contributed by atoms with van der Waals surface area (Å²) in [5.41, 5.74) is 0.171. The van der Waals surface area contributed by atoms with E-state index < -0.39 is 23.4 Å². The van der Waals surface area contributed by atoms with Crippen molar-refractivity contribution in [3.8, 4) is 5.75 Å². The van der Waals surface area contributed by atoms with E-state index in [1.807, 2.05) is 0 Å². The monoisotopic (exact) mass is 228 g/mol. The van der Waals surface area contributed by atoms with Crippen LogP contribution in [0.5, 0.6) is 5.75 Å². The molecule has 0 saturated heterocycles. The zero-order valence-corrected chi connectivity index (χ0v) is 8.54. The van der Waals surface area contributed by atoms with Crippen LogP contribution < -0.4 is 0 Å². The number of phenolic OH excluding ortho intramolecular Hbond substituents is 1. The van der Waals surface area contributed by atoms with Gasteiger partial charge in [-0.3, -0.25) is 0 Å². The summed E-state index contributed by atoms with van der Waals surface area (Å²) in [6.45, 7) is 1.88. The minimum Gasteiger partial charge on any atom is -0.505 e. The molecule has 0 fully saturated rings. The van der Waals surface area contributed by atoms with Crippen LogP contribution in [-0.4, -0.2) is 17.7 Å². The van der Waals surface area contributed by atoms with Crippen LogP contribution in [-0.2, 0) is 9.53 Å². The Morgan fingerprint density at radius 2 is 2.19 bits per heavy atom. The van der Waals surface area contributed by atoms with Gasteiger partial charge in [0.25, 0.3) is 0 Å². The average Bonchev–Trinajstić information content (AvgIpc) is 2.23. The van der Waals surface area contributed by atoms with Crippen molar-refractivity contribution in [2.45, 2.75) is 6.92 Å². The maximum atomic E-state index is 12.8. The SMILES string of the molecule is CCOC(=O)C=Cc1cc(O)c(F)c(F)c1. The molecular formula is C11H10F2O3. The van der Waals surface area contributed by atoms with Crippen molar-refractivity contribution in [2.24, 2.45) is 0 Å². The molecule has 0 amide bonds. The number of aromatic hydroxyl groups is 1. The first-order valence-corrected chi connectivity index (χ1v) is 4.57. The van der Waals surface area contributed by atoms with Gasteiger partial charge in [0, 0.05) is 6.08 Å². The fourth-order valence-corrected chi connectivity index (χ4v) is 1.05. The number of ether oxygens (including phenoxy) is 1. The number of benzene rings is 1. The Bertz CT molecular complexity index is 404. The van der Waals surface area contributed by atoms with Gasteiger partial charge in [-0.25, -0.2) is 9.18 Å². The summed E-state index contributed by atoms with van der Waals surface area (Å²) in [5.74, 6) is -3.88. The molecular weight excluding hydrogens is 218 g/mol. The summed E-state index contributed by atoms with van der Waals surface area (Å²) in [5, 5.41) is 8.98. The lowest BCUT2D eigenvalue weighted by Gasteiger charge is -1.99. The van der Waals surface area contributed by atoms with E-state index in [1.54, 1.807) is 6.92 Å². The van der Waals surface area contributed by atoms with E-state index in [2.05, 4.69) is 4.74 Å². The number of halogens is 2. The summed E-state index contributed by atoms with van der Waals surface area (Å²) in [6, 6.07) is 1.87. The van der Waals surface area contributed by atoms with Gasteiger partial charge in [-0.2, -0.15) is 4.39 Å². The van der Waals surface area contributed by atoms with Crippen molar-refractivity contribution in [3.63, 3.8) is 0 Å². The van der Waals surface area contributed by atoms with Crippen LogP contribution in [0.15, 0.2) is 18.2 Å². The van der Waals surface area contributed by atoms with E-state index in [4.69, 9.17) is 5.11 Å². The Morgan fingerprint density at radius 1 is 1.50 bits per heavy atom. The van der Waals surface area contributed by atoms with Crippen LogP contribution in [0.1, 0.15) is 12.5 Å². The highest BCUT2D eigenvalue weighted by Gasteiger charge is 2.08. The Hall–Kier alpha value is -1.91. The summed E-state index contributed by atoms with van der Waals surface area (Å²) in [4.78, 5) is 10.9. The number of rotatable bonds is 3. The van der Waals surface area contributed by atoms with Gasteiger partial charge in [-0.1, -0.05) is 0 Å². The lowest BCUT2D eigenvalue weighted by atomic mass is 10.2. The largest absolute Gasteiger partial charge is 0.505 e. The maximum absolute atomic E-state index is 12.8. The van der Waals surface area contributed by atoms with Crippen molar-refractivity contribution in [2.75, 3.05) is 6.61 Å². The molecule has 5 heteroatoms. The van der Waals surface area contributed by atoms with Crippen LogP contribution in [0.4, 0.5) is 8.78 Å². The van der Waals surface area contributed by atoms with Crippen molar-refractivity contribution in [1.82, 2.24) is 0 Å². The molecule has 0 radical (unpaired) electrons. The molecule has 0 spiro atoms. The molecule has 1 N–H and O–H groups in total. The van der Waals surface area contributed by atoms with Crippen LogP contribution in [0.25, 0.3) is 6.08 Å². The lowest BCUT2D eigenvalue weighted by Crippen LogP contribution is -1.98. The van der Waals surface area contributed by atoms with E-state index in [-0.39, 0.29) is 12.2 Å². The van der Waals surface area contributed by atoms with Crippen molar-refractivity contribution in [1.29, 1.82) is 0 Å². The van der Waals surface area contributed by atoms with E-state index in [0.717, 1.165) is 18.2 Å². The second-order valence-electron chi connectivity index (χ2n) is 2.92. The van der Waals surface area contributed by atoms with Crippen molar-refractivity contribution >= 4 is 12.0 Å². The third kappa shape index (κ3) is 3.05. The van der Waals surface area contributed by atoms with Gasteiger partial charge in [0.2, 0.25) is 0 Å². The summed E-state index contributed by atoms with van der Waals surface area (Å²) in [7, 11) is 0. The minimum absolute atomic E-state index is 0.171. The number of carbonyl (C=O) groups excluding carboxylic acids is 1. The van der Waals surface area contributed by atoms with Crippen molar-refractivity contribution < 1.29 is 23.4 Å². The lowest BCUT2D eigenvalue weighted by molar-refractivity contribution is -0.137. The fourth-order valence-electron chi connectivity index (χ4n) is 1.05. The molecule has 1 aromatic carbocycles. The standard InChI is InChI=1S/C11H10F2O3/c1-2-16-10(15)4-3-7-5-8(12)11(13)9(14)6-7/h3-6,14H,2H2,1H3.